The molecule has 0 aromatic heterocycles. The highest BCUT2D eigenvalue weighted by Gasteiger charge is 2.15. The van der Waals surface area contributed by atoms with Crippen molar-refractivity contribution in [3.05, 3.63) is 30.3 Å². The van der Waals surface area contributed by atoms with Crippen molar-refractivity contribution in [2.45, 2.75) is 25.8 Å². The van der Waals surface area contributed by atoms with Gasteiger partial charge in [0.2, 0.25) is 5.91 Å². The molecule has 0 heterocycles. The first-order chi connectivity index (χ1) is 9.13. The second-order valence-corrected chi connectivity index (χ2v) is 4.08. The van der Waals surface area contributed by atoms with E-state index in [-0.39, 0.29) is 5.91 Å². The van der Waals surface area contributed by atoms with E-state index in [0.717, 1.165) is 5.75 Å². The Balaban J connectivity index is 2.15. The fourth-order valence-electron chi connectivity index (χ4n) is 1.49. The van der Waals surface area contributed by atoms with Crippen molar-refractivity contribution in [3.63, 3.8) is 0 Å². The third-order valence-electron chi connectivity index (χ3n) is 2.49. The Morgan fingerprint density at radius 1 is 1.26 bits per heavy atom. The van der Waals surface area contributed by atoms with E-state index in [9.17, 15) is 9.59 Å². The van der Waals surface area contributed by atoms with Gasteiger partial charge in [0.15, 0.2) is 0 Å². The second-order valence-electron chi connectivity index (χ2n) is 4.08. The maximum absolute atomic E-state index is 11.5. The SMILES string of the molecule is COC(=O)[C@H](C)NC(=O)CCCOc1ccccc1. The summed E-state index contributed by atoms with van der Waals surface area (Å²) in [6.07, 6.45) is 0.906. The molecule has 19 heavy (non-hydrogen) atoms. The molecule has 0 saturated heterocycles. The van der Waals surface area contributed by atoms with Crippen LogP contribution in [-0.4, -0.2) is 31.6 Å². The molecule has 5 nitrogen and oxygen atoms in total. The van der Waals surface area contributed by atoms with Crippen LogP contribution >= 0.6 is 0 Å². The Labute approximate surface area is 112 Å². The summed E-state index contributed by atoms with van der Waals surface area (Å²) < 4.78 is 9.98. The van der Waals surface area contributed by atoms with E-state index >= 15 is 0 Å². The van der Waals surface area contributed by atoms with Gasteiger partial charge in [-0.25, -0.2) is 4.79 Å². The van der Waals surface area contributed by atoms with Crippen molar-refractivity contribution in [2.75, 3.05) is 13.7 Å². The predicted octanol–water partition coefficient (Wildman–Crippen LogP) is 1.52. The van der Waals surface area contributed by atoms with Crippen LogP contribution in [0.15, 0.2) is 30.3 Å². The van der Waals surface area contributed by atoms with Gasteiger partial charge in [-0.2, -0.15) is 0 Å². The van der Waals surface area contributed by atoms with Gasteiger partial charge in [0.05, 0.1) is 13.7 Å². The third kappa shape index (κ3) is 5.90. The lowest BCUT2D eigenvalue weighted by atomic mass is 10.2. The number of ether oxygens (including phenoxy) is 2. The van der Waals surface area contributed by atoms with Gasteiger partial charge in [-0.1, -0.05) is 18.2 Å². The highest BCUT2D eigenvalue weighted by Crippen LogP contribution is 2.08. The number of benzene rings is 1. The molecule has 0 saturated carbocycles. The van der Waals surface area contributed by atoms with Crippen molar-refractivity contribution in [2.24, 2.45) is 0 Å². The summed E-state index contributed by atoms with van der Waals surface area (Å²) in [6.45, 7) is 2.05. The van der Waals surface area contributed by atoms with E-state index in [1.807, 2.05) is 30.3 Å². The molecule has 1 aromatic carbocycles. The van der Waals surface area contributed by atoms with Crippen LogP contribution in [0.4, 0.5) is 0 Å². The minimum atomic E-state index is -0.618. The van der Waals surface area contributed by atoms with Gasteiger partial charge in [-0.3, -0.25) is 4.79 Å². The van der Waals surface area contributed by atoms with Crippen LogP contribution in [0.1, 0.15) is 19.8 Å². The van der Waals surface area contributed by atoms with Gasteiger partial charge in [0.25, 0.3) is 0 Å². The minimum absolute atomic E-state index is 0.186. The fraction of sp³-hybridized carbons (Fsp3) is 0.429. The number of esters is 1. The van der Waals surface area contributed by atoms with Crippen LogP contribution in [-0.2, 0) is 14.3 Å². The lowest BCUT2D eigenvalue weighted by Crippen LogP contribution is -2.39. The summed E-state index contributed by atoms with van der Waals surface area (Å²) in [5, 5.41) is 2.56. The van der Waals surface area contributed by atoms with Gasteiger partial charge < -0.3 is 14.8 Å². The van der Waals surface area contributed by atoms with E-state index in [0.29, 0.717) is 19.4 Å². The molecule has 0 aliphatic heterocycles. The maximum atomic E-state index is 11.5. The number of hydrogen-bond acceptors (Lipinski definition) is 4. The zero-order valence-electron chi connectivity index (χ0n) is 11.2. The van der Waals surface area contributed by atoms with Crippen LogP contribution in [0.5, 0.6) is 5.75 Å². The van der Waals surface area contributed by atoms with Crippen molar-refractivity contribution in [3.8, 4) is 5.75 Å². The number of nitrogens with one attached hydrogen (secondary N) is 1. The number of methoxy groups -OCH3 is 1. The molecule has 1 atom stereocenters. The molecular formula is C14H19NO4. The first kappa shape index (κ1) is 15.0. The van der Waals surface area contributed by atoms with Gasteiger partial charge in [-0.15, -0.1) is 0 Å². The summed E-state index contributed by atoms with van der Waals surface area (Å²) in [5.74, 6) is 0.147. The molecule has 1 aromatic rings. The molecule has 0 bridgehead atoms. The van der Waals surface area contributed by atoms with E-state index in [4.69, 9.17) is 4.74 Å². The van der Waals surface area contributed by atoms with Crippen molar-refractivity contribution in [1.82, 2.24) is 5.32 Å². The highest BCUT2D eigenvalue weighted by molar-refractivity contribution is 5.83. The number of amides is 1. The molecule has 104 valence electrons. The first-order valence-electron chi connectivity index (χ1n) is 6.18. The number of carbonyl (C=O) groups excluding carboxylic acids is 2. The zero-order chi connectivity index (χ0) is 14.1. The van der Waals surface area contributed by atoms with Crippen LogP contribution in [0.3, 0.4) is 0 Å². The van der Waals surface area contributed by atoms with Crippen molar-refractivity contribution in [1.29, 1.82) is 0 Å². The first-order valence-corrected chi connectivity index (χ1v) is 6.18. The normalized spacial score (nSPS) is 11.5. The van der Waals surface area contributed by atoms with E-state index in [1.54, 1.807) is 6.92 Å². The Bertz CT molecular complexity index is 405. The third-order valence-corrected chi connectivity index (χ3v) is 2.49. The lowest BCUT2D eigenvalue weighted by molar-refractivity contribution is -0.144. The number of para-hydroxylation sites is 1. The average molecular weight is 265 g/mol. The minimum Gasteiger partial charge on any atom is -0.494 e. The monoisotopic (exact) mass is 265 g/mol. The molecule has 5 heteroatoms. The molecule has 0 aliphatic rings. The second kappa shape index (κ2) is 8.13. The Hall–Kier alpha value is -2.04. The van der Waals surface area contributed by atoms with Crippen LogP contribution < -0.4 is 10.1 Å². The number of rotatable bonds is 7. The van der Waals surface area contributed by atoms with Gasteiger partial charge in [0, 0.05) is 6.42 Å². The average Bonchev–Trinajstić information content (AvgIpc) is 2.43. The fourth-order valence-corrected chi connectivity index (χ4v) is 1.49. The quantitative estimate of drug-likeness (QED) is 0.599. The molecule has 1 rings (SSSR count). The summed E-state index contributed by atoms with van der Waals surface area (Å²) in [5.41, 5.74) is 0. The van der Waals surface area contributed by atoms with Gasteiger partial charge in [-0.05, 0) is 25.5 Å². The molecule has 1 amide bonds. The van der Waals surface area contributed by atoms with Crippen molar-refractivity contribution >= 4 is 11.9 Å². The Morgan fingerprint density at radius 3 is 2.58 bits per heavy atom. The van der Waals surface area contributed by atoms with Gasteiger partial charge >= 0.3 is 5.97 Å². The number of hydrogen-bond donors (Lipinski definition) is 1. The largest absolute Gasteiger partial charge is 0.494 e. The molecule has 1 N–H and O–H groups in total. The Kier molecular flexibility index (Phi) is 6.43. The summed E-state index contributed by atoms with van der Waals surface area (Å²) in [7, 11) is 1.29. The predicted molar refractivity (Wildman–Crippen MR) is 70.8 cm³/mol. The number of carbonyl (C=O) groups is 2. The van der Waals surface area contributed by atoms with Crippen LogP contribution in [0.25, 0.3) is 0 Å². The van der Waals surface area contributed by atoms with E-state index < -0.39 is 12.0 Å². The lowest BCUT2D eigenvalue weighted by Gasteiger charge is -2.11. The molecule has 0 radical (unpaired) electrons. The summed E-state index contributed by atoms with van der Waals surface area (Å²) >= 11 is 0. The maximum Gasteiger partial charge on any atom is 0.328 e. The molecule has 0 unspecified atom stereocenters. The molecule has 0 spiro atoms. The van der Waals surface area contributed by atoms with Crippen LogP contribution in [0.2, 0.25) is 0 Å². The molecule has 0 fully saturated rings. The Morgan fingerprint density at radius 2 is 1.95 bits per heavy atom. The summed E-state index contributed by atoms with van der Waals surface area (Å²) in [4.78, 5) is 22.6. The summed E-state index contributed by atoms with van der Waals surface area (Å²) in [6, 6.07) is 8.79. The van der Waals surface area contributed by atoms with Crippen molar-refractivity contribution < 1.29 is 19.1 Å². The highest BCUT2D eigenvalue weighted by atomic mass is 16.5. The smallest absolute Gasteiger partial charge is 0.328 e. The topological polar surface area (TPSA) is 64.6 Å². The zero-order valence-corrected chi connectivity index (χ0v) is 11.2. The van der Waals surface area contributed by atoms with Gasteiger partial charge in [0.1, 0.15) is 11.8 Å². The van der Waals surface area contributed by atoms with E-state index in [1.165, 1.54) is 7.11 Å². The van der Waals surface area contributed by atoms with E-state index in [2.05, 4.69) is 10.1 Å². The standard InChI is InChI=1S/C14H19NO4/c1-11(14(17)18-2)15-13(16)9-6-10-19-12-7-4-3-5-8-12/h3-5,7-8,11H,6,9-10H2,1-2H3,(H,15,16)/t11-/m0/s1. The van der Waals surface area contributed by atoms with Crippen LogP contribution in [0, 0.1) is 0 Å². The molecular weight excluding hydrogens is 246 g/mol. The molecule has 0 aliphatic carbocycles.